The van der Waals surface area contributed by atoms with Gasteiger partial charge in [-0.05, 0) is 53.1 Å². The van der Waals surface area contributed by atoms with E-state index in [0.29, 0.717) is 45.5 Å². The Morgan fingerprint density at radius 1 is 1.19 bits per heavy atom. The maximum Gasteiger partial charge on any atom is 0.313 e. The number of carbonyl (C=O) groups excluding carboxylic acids is 2. The fourth-order valence-corrected chi connectivity index (χ4v) is 4.83. The van der Waals surface area contributed by atoms with Gasteiger partial charge in [-0.1, -0.05) is 0 Å². The SMILES string of the molecule is CCOC(=O)[C@]12CCCN(C(=O)C3(F)CCC3)C[C@H]1CN(CCN(C)C)C2. The van der Waals surface area contributed by atoms with Crippen LogP contribution in [0.15, 0.2) is 0 Å². The van der Waals surface area contributed by atoms with Gasteiger partial charge in [0.25, 0.3) is 5.91 Å². The van der Waals surface area contributed by atoms with Crippen LogP contribution in [-0.4, -0.2) is 92.2 Å². The molecule has 0 spiro atoms. The summed E-state index contributed by atoms with van der Waals surface area (Å²) in [4.78, 5) is 31.8. The zero-order valence-electron chi connectivity index (χ0n) is 17.0. The molecule has 2 aliphatic heterocycles. The second kappa shape index (κ2) is 8.03. The fourth-order valence-electron chi connectivity index (χ4n) is 4.83. The third-order valence-electron chi connectivity index (χ3n) is 6.62. The Labute approximate surface area is 162 Å². The van der Waals surface area contributed by atoms with E-state index in [-0.39, 0.29) is 17.8 Å². The van der Waals surface area contributed by atoms with Gasteiger partial charge in [0.1, 0.15) is 0 Å². The Kier molecular flexibility index (Phi) is 6.11. The van der Waals surface area contributed by atoms with Crippen LogP contribution < -0.4 is 0 Å². The van der Waals surface area contributed by atoms with Gasteiger partial charge in [0, 0.05) is 45.2 Å². The van der Waals surface area contributed by atoms with Crippen LogP contribution in [0.2, 0.25) is 0 Å². The largest absolute Gasteiger partial charge is 0.466 e. The summed E-state index contributed by atoms with van der Waals surface area (Å²) >= 11 is 0. The molecule has 7 heteroatoms. The molecule has 2 heterocycles. The van der Waals surface area contributed by atoms with E-state index in [1.807, 2.05) is 21.0 Å². The molecule has 0 aromatic rings. The third kappa shape index (κ3) is 3.99. The van der Waals surface area contributed by atoms with Crippen molar-refractivity contribution in [2.24, 2.45) is 11.3 Å². The molecule has 27 heavy (non-hydrogen) atoms. The Bertz CT molecular complexity index is 567. The Morgan fingerprint density at radius 3 is 2.52 bits per heavy atom. The van der Waals surface area contributed by atoms with Crippen LogP contribution in [0.25, 0.3) is 0 Å². The van der Waals surface area contributed by atoms with Crippen molar-refractivity contribution in [3.05, 3.63) is 0 Å². The molecule has 6 nitrogen and oxygen atoms in total. The molecular formula is C20H34FN3O3. The first-order valence-corrected chi connectivity index (χ1v) is 10.3. The number of nitrogens with zero attached hydrogens (tertiary/aromatic N) is 3. The van der Waals surface area contributed by atoms with Gasteiger partial charge in [-0.3, -0.25) is 9.59 Å². The molecule has 0 aromatic carbocycles. The van der Waals surface area contributed by atoms with E-state index in [1.54, 1.807) is 4.90 Å². The van der Waals surface area contributed by atoms with Crippen LogP contribution >= 0.6 is 0 Å². The quantitative estimate of drug-likeness (QED) is 0.652. The number of rotatable bonds is 6. The standard InChI is InChI=1S/C20H34FN3O3/c1-4-27-18(26)19-7-6-10-24(17(25)20(21)8-5-9-20)14-16(19)13-23(15-19)12-11-22(2)3/h16H,4-15H2,1-3H3/t16-,19+/m1/s1. The minimum absolute atomic E-state index is 0.00818. The minimum atomic E-state index is -1.67. The van der Waals surface area contributed by atoms with Crippen molar-refractivity contribution in [3.8, 4) is 0 Å². The van der Waals surface area contributed by atoms with Crippen LogP contribution in [-0.2, 0) is 14.3 Å². The van der Waals surface area contributed by atoms with Gasteiger partial charge in [0.05, 0.1) is 12.0 Å². The molecule has 2 saturated heterocycles. The molecule has 154 valence electrons. The van der Waals surface area contributed by atoms with Gasteiger partial charge >= 0.3 is 5.97 Å². The topological polar surface area (TPSA) is 53.1 Å². The fraction of sp³-hybridized carbons (Fsp3) is 0.900. The van der Waals surface area contributed by atoms with E-state index in [9.17, 15) is 14.0 Å². The molecule has 0 bridgehead atoms. The summed E-state index contributed by atoms with van der Waals surface area (Å²) in [7, 11) is 4.07. The van der Waals surface area contributed by atoms with E-state index >= 15 is 0 Å². The molecule has 1 aliphatic carbocycles. The number of hydrogen-bond donors (Lipinski definition) is 0. The summed E-state index contributed by atoms with van der Waals surface area (Å²) < 4.78 is 20.2. The van der Waals surface area contributed by atoms with Gasteiger partial charge in [-0.2, -0.15) is 0 Å². The van der Waals surface area contributed by atoms with Crippen molar-refractivity contribution >= 4 is 11.9 Å². The van der Waals surface area contributed by atoms with Gasteiger partial charge in [0.15, 0.2) is 5.67 Å². The lowest BCUT2D eigenvalue weighted by Crippen LogP contribution is -2.52. The molecule has 3 rings (SSSR count). The number of likely N-dealkylation sites (tertiary alicyclic amines) is 2. The number of carbonyl (C=O) groups is 2. The molecule has 3 fully saturated rings. The monoisotopic (exact) mass is 383 g/mol. The van der Waals surface area contributed by atoms with Crippen molar-refractivity contribution < 1.29 is 18.7 Å². The van der Waals surface area contributed by atoms with Crippen molar-refractivity contribution in [1.82, 2.24) is 14.7 Å². The number of ether oxygens (including phenoxy) is 1. The van der Waals surface area contributed by atoms with E-state index < -0.39 is 11.1 Å². The van der Waals surface area contributed by atoms with Crippen molar-refractivity contribution in [3.63, 3.8) is 0 Å². The lowest BCUT2D eigenvalue weighted by Gasteiger charge is -2.38. The predicted octanol–water partition coefficient (Wildman–Crippen LogP) is 1.54. The normalized spacial score (nSPS) is 30.6. The highest BCUT2D eigenvalue weighted by Gasteiger charge is 2.56. The maximum atomic E-state index is 14.7. The maximum absolute atomic E-state index is 14.7. The number of likely N-dealkylation sites (N-methyl/N-ethyl adjacent to an activating group) is 1. The Balaban J connectivity index is 1.77. The first-order valence-electron chi connectivity index (χ1n) is 10.3. The molecule has 0 aromatic heterocycles. The van der Waals surface area contributed by atoms with Crippen LogP contribution in [0.3, 0.4) is 0 Å². The summed E-state index contributed by atoms with van der Waals surface area (Å²) in [6.07, 6.45) is 2.89. The third-order valence-corrected chi connectivity index (χ3v) is 6.62. The molecule has 1 saturated carbocycles. The average Bonchev–Trinajstić information content (AvgIpc) is 2.85. The smallest absolute Gasteiger partial charge is 0.313 e. The summed E-state index contributed by atoms with van der Waals surface area (Å²) in [6, 6.07) is 0. The number of halogens is 1. The lowest BCUT2D eigenvalue weighted by molar-refractivity contribution is -0.158. The molecule has 0 radical (unpaired) electrons. The highest BCUT2D eigenvalue weighted by molar-refractivity contribution is 5.86. The molecule has 0 N–H and O–H groups in total. The van der Waals surface area contributed by atoms with Crippen LogP contribution in [0, 0.1) is 11.3 Å². The second-order valence-electron chi connectivity index (χ2n) is 8.79. The molecular weight excluding hydrogens is 349 g/mol. The van der Waals surface area contributed by atoms with Crippen molar-refractivity contribution in [1.29, 1.82) is 0 Å². The number of hydrogen-bond acceptors (Lipinski definition) is 5. The van der Waals surface area contributed by atoms with Crippen molar-refractivity contribution in [2.45, 2.75) is 44.7 Å². The Hall–Kier alpha value is -1.21. The average molecular weight is 384 g/mol. The number of alkyl halides is 1. The van der Waals surface area contributed by atoms with E-state index in [4.69, 9.17) is 4.74 Å². The number of fused-ring (bicyclic) bond motifs is 1. The first kappa shape index (κ1) is 20.5. The summed E-state index contributed by atoms with van der Waals surface area (Å²) in [5.74, 6) is -0.496. The van der Waals surface area contributed by atoms with Crippen LogP contribution in [0.5, 0.6) is 0 Å². The first-order chi connectivity index (χ1) is 12.8. The van der Waals surface area contributed by atoms with E-state index in [0.717, 1.165) is 32.5 Å². The summed E-state index contributed by atoms with van der Waals surface area (Å²) in [5.41, 5.74) is -2.24. The minimum Gasteiger partial charge on any atom is -0.466 e. The zero-order valence-corrected chi connectivity index (χ0v) is 17.0. The van der Waals surface area contributed by atoms with E-state index in [1.165, 1.54) is 0 Å². The molecule has 1 amide bonds. The highest BCUT2D eigenvalue weighted by Crippen LogP contribution is 2.45. The van der Waals surface area contributed by atoms with E-state index in [2.05, 4.69) is 9.80 Å². The molecule has 3 aliphatic rings. The van der Waals surface area contributed by atoms with Crippen LogP contribution in [0.4, 0.5) is 4.39 Å². The van der Waals surface area contributed by atoms with Crippen LogP contribution in [0.1, 0.15) is 39.0 Å². The van der Waals surface area contributed by atoms with Crippen molar-refractivity contribution in [2.75, 3.05) is 60.0 Å². The van der Waals surface area contributed by atoms with Gasteiger partial charge in [-0.15, -0.1) is 0 Å². The van der Waals surface area contributed by atoms with Gasteiger partial charge in [0.2, 0.25) is 0 Å². The zero-order chi connectivity index (χ0) is 19.7. The summed E-state index contributed by atoms with van der Waals surface area (Å²) in [6.45, 7) is 6.43. The number of amides is 1. The lowest BCUT2D eigenvalue weighted by atomic mass is 9.75. The highest BCUT2D eigenvalue weighted by atomic mass is 19.1. The molecule has 2 atom stereocenters. The van der Waals surface area contributed by atoms with Gasteiger partial charge in [-0.25, -0.2) is 4.39 Å². The number of esters is 1. The van der Waals surface area contributed by atoms with Gasteiger partial charge < -0.3 is 19.4 Å². The summed E-state index contributed by atoms with van der Waals surface area (Å²) in [5, 5.41) is 0. The predicted molar refractivity (Wildman–Crippen MR) is 101 cm³/mol. The Morgan fingerprint density at radius 2 is 1.93 bits per heavy atom. The molecule has 0 unspecified atom stereocenters. The second-order valence-corrected chi connectivity index (χ2v) is 8.79.